The molecule has 1 atom stereocenters. The van der Waals surface area contributed by atoms with Crippen molar-refractivity contribution < 1.29 is 22.0 Å². The molecule has 0 radical (unpaired) electrons. The third-order valence-corrected chi connectivity index (χ3v) is 4.30. The number of nitrogens with one attached hydrogen (secondary N) is 1. The number of hydrogen-bond donors (Lipinski definition) is 1. The molecule has 1 aliphatic rings. The standard InChI is InChI=1S/C15H12F5N5O/c1-7-4-25-12(26)10(11(15(18,19)20)23-13(25)22-7)8-3-21-24(5-8)6-9-2-14(9,16)17/h3-5,9H,2,6H2,1H3,(H,22,23)/t9-/m1/s1. The van der Waals surface area contributed by atoms with Gasteiger partial charge >= 0.3 is 6.18 Å². The molecule has 0 bridgehead atoms. The predicted octanol–water partition coefficient (Wildman–Crippen LogP) is 2.87. The van der Waals surface area contributed by atoms with Gasteiger partial charge in [0.1, 0.15) is 0 Å². The zero-order chi connectivity index (χ0) is 18.9. The SMILES string of the molecule is Cc1cn2c(=O)c(-c3cnn(C[C@H]4CC4(F)F)c3)c(C(F)(F)F)nc2[nH]1. The van der Waals surface area contributed by atoms with Crippen LogP contribution >= 0.6 is 0 Å². The first-order chi connectivity index (χ1) is 12.1. The van der Waals surface area contributed by atoms with E-state index >= 15 is 0 Å². The van der Waals surface area contributed by atoms with Crippen LogP contribution in [0.5, 0.6) is 0 Å². The van der Waals surface area contributed by atoms with Crippen LogP contribution in [0.25, 0.3) is 16.9 Å². The third kappa shape index (κ3) is 2.67. The number of imidazole rings is 1. The minimum atomic E-state index is -4.87. The lowest BCUT2D eigenvalue weighted by atomic mass is 10.1. The van der Waals surface area contributed by atoms with Crippen LogP contribution < -0.4 is 5.56 Å². The molecule has 0 aromatic carbocycles. The van der Waals surface area contributed by atoms with Crippen molar-refractivity contribution in [3.8, 4) is 11.1 Å². The van der Waals surface area contributed by atoms with Crippen molar-refractivity contribution >= 4 is 5.78 Å². The van der Waals surface area contributed by atoms with E-state index in [1.807, 2.05) is 0 Å². The lowest BCUT2D eigenvalue weighted by molar-refractivity contribution is -0.140. The fraction of sp³-hybridized carbons (Fsp3) is 0.400. The number of nitrogens with zero attached hydrogens (tertiary/aromatic N) is 4. The van der Waals surface area contributed by atoms with Crippen molar-refractivity contribution in [1.29, 1.82) is 0 Å². The van der Waals surface area contributed by atoms with E-state index in [1.165, 1.54) is 6.20 Å². The van der Waals surface area contributed by atoms with Crippen LogP contribution in [0.15, 0.2) is 23.4 Å². The van der Waals surface area contributed by atoms with Crippen LogP contribution in [0, 0.1) is 12.8 Å². The summed E-state index contributed by atoms with van der Waals surface area (Å²) in [5.41, 5.74) is -2.58. The van der Waals surface area contributed by atoms with Crippen molar-refractivity contribution in [2.45, 2.75) is 32.0 Å². The lowest BCUT2D eigenvalue weighted by Crippen LogP contribution is -2.23. The third-order valence-electron chi connectivity index (χ3n) is 4.30. The molecule has 0 amide bonds. The highest BCUT2D eigenvalue weighted by Gasteiger charge is 2.56. The number of aromatic nitrogens is 5. The molecule has 1 N–H and O–H groups in total. The second kappa shape index (κ2) is 5.15. The van der Waals surface area contributed by atoms with Gasteiger partial charge in [-0.3, -0.25) is 13.9 Å². The number of H-pyrrole nitrogens is 1. The Hall–Kier alpha value is -2.72. The van der Waals surface area contributed by atoms with Gasteiger partial charge in [-0.2, -0.15) is 18.3 Å². The van der Waals surface area contributed by atoms with E-state index in [0.717, 1.165) is 21.5 Å². The van der Waals surface area contributed by atoms with E-state index in [9.17, 15) is 26.7 Å². The molecule has 0 saturated heterocycles. The molecule has 1 saturated carbocycles. The quantitative estimate of drug-likeness (QED) is 0.718. The smallest absolute Gasteiger partial charge is 0.328 e. The number of aryl methyl sites for hydroxylation is 1. The van der Waals surface area contributed by atoms with Crippen LogP contribution in [0.1, 0.15) is 17.8 Å². The highest BCUT2D eigenvalue weighted by molar-refractivity contribution is 5.65. The van der Waals surface area contributed by atoms with Gasteiger partial charge in [0.25, 0.3) is 11.5 Å². The first kappa shape index (κ1) is 16.7. The summed E-state index contributed by atoms with van der Waals surface area (Å²) in [4.78, 5) is 18.7. The molecule has 6 nitrogen and oxygen atoms in total. The normalized spacial score (nSPS) is 19.2. The molecule has 1 aliphatic carbocycles. The Kier molecular flexibility index (Phi) is 3.31. The molecular formula is C15H12F5N5O. The summed E-state index contributed by atoms with van der Waals surface area (Å²) in [6, 6.07) is 0. The Morgan fingerprint density at radius 3 is 2.65 bits per heavy atom. The fourth-order valence-electron chi connectivity index (χ4n) is 2.90. The van der Waals surface area contributed by atoms with Gasteiger partial charge in [-0.1, -0.05) is 0 Å². The topological polar surface area (TPSA) is 68.0 Å². The molecule has 4 rings (SSSR count). The number of fused-ring (bicyclic) bond motifs is 1. The summed E-state index contributed by atoms with van der Waals surface area (Å²) >= 11 is 0. The zero-order valence-corrected chi connectivity index (χ0v) is 13.3. The molecule has 0 unspecified atom stereocenters. The van der Waals surface area contributed by atoms with Gasteiger partial charge in [-0.25, -0.2) is 13.8 Å². The van der Waals surface area contributed by atoms with Crippen molar-refractivity contribution in [1.82, 2.24) is 24.1 Å². The summed E-state index contributed by atoms with van der Waals surface area (Å²) in [5, 5.41) is 3.82. The van der Waals surface area contributed by atoms with Crippen LogP contribution in [-0.4, -0.2) is 30.1 Å². The first-order valence-corrected chi connectivity index (χ1v) is 7.66. The van der Waals surface area contributed by atoms with Gasteiger partial charge < -0.3 is 4.98 Å². The lowest BCUT2D eigenvalue weighted by Gasteiger charge is -2.10. The van der Waals surface area contributed by atoms with Gasteiger partial charge in [0.05, 0.1) is 11.8 Å². The van der Waals surface area contributed by atoms with Crippen LogP contribution in [0.4, 0.5) is 22.0 Å². The van der Waals surface area contributed by atoms with Crippen LogP contribution in [-0.2, 0) is 12.7 Å². The van der Waals surface area contributed by atoms with Gasteiger partial charge in [-0.15, -0.1) is 0 Å². The second-order valence-corrected chi connectivity index (χ2v) is 6.38. The van der Waals surface area contributed by atoms with E-state index in [2.05, 4.69) is 15.1 Å². The maximum absolute atomic E-state index is 13.4. The minimum absolute atomic E-state index is 0.118. The molecule has 0 aliphatic heterocycles. The highest BCUT2D eigenvalue weighted by atomic mass is 19.4. The first-order valence-electron chi connectivity index (χ1n) is 7.66. The van der Waals surface area contributed by atoms with Gasteiger partial charge in [-0.05, 0) is 6.92 Å². The maximum atomic E-state index is 13.4. The van der Waals surface area contributed by atoms with Crippen LogP contribution in [0.3, 0.4) is 0 Å². The van der Waals surface area contributed by atoms with Crippen molar-refractivity contribution in [2.24, 2.45) is 5.92 Å². The van der Waals surface area contributed by atoms with E-state index in [-0.39, 0.29) is 24.3 Å². The number of rotatable bonds is 3. The highest BCUT2D eigenvalue weighted by Crippen LogP contribution is 2.49. The number of aromatic amines is 1. The molecule has 11 heteroatoms. The van der Waals surface area contributed by atoms with Crippen LogP contribution in [0.2, 0.25) is 0 Å². The molecule has 0 spiro atoms. The summed E-state index contributed by atoms with van der Waals surface area (Å²) in [7, 11) is 0. The Balaban J connectivity index is 1.84. The second-order valence-electron chi connectivity index (χ2n) is 6.38. The number of hydrogen-bond acceptors (Lipinski definition) is 3. The predicted molar refractivity (Wildman–Crippen MR) is 79.8 cm³/mol. The maximum Gasteiger partial charge on any atom is 0.434 e. The van der Waals surface area contributed by atoms with Gasteiger partial charge in [0.15, 0.2) is 5.69 Å². The number of alkyl halides is 5. The molecule has 1 fully saturated rings. The number of halogens is 5. The molecule has 3 aromatic rings. The van der Waals surface area contributed by atoms with E-state index in [0.29, 0.717) is 5.69 Å². The average molecular weight is 373 g/mol. The van der Waals surface area contributed by atoms with E-state index < -0.39 is 34.8 Å². The van der Waals surface area contributed by atoms with Gasteiger partial charge in [0.2, 0.25) is 5.78 Å². The Morgan fingerprint density at radius 1 is 1.35 bits per heavy atom. The summed E-state index contributed by atoms with van der Waals surface area (Å²) < 4.78 is 68.4. The van der Waals surface area contributed by atoms with Crippen molar-refractivity contribution in [2.75, 3.05) is 0 Å². The molecule has 138 valence electrons. The monoisotopic (exact) mass is 373 g/mol. The molecule has 3 heterocycles. The van der Waals surface area contributed by atoms with E-state index in [1.54, 1.807) is 6.92 Å². The fourth-order valence-corrected chi connectivity index (χ4v) is 2.90. The average Bonchev–Trinajstić information content (AvgIpc) is 2.90. The van der Waals surface area contributed by atoms with E-state index in [4.69, 9.17) is 0 Å². The van der Waals surface area contributed by atoms with Crippen molar-refractivity contribution in [3.05, 3.63) is 40.3 Å². The zero-order valence-electron chi connectivity index (χ0n) is 13.3. The Morgan fingerprint density at radius 2 is 2.04 bits per heavy atom. The minimum Gasteiger partial charge on any atom is -0.328 e. The summed E-state index contributed by atoms with van der Waals surface area (Å²) in [5.74, 6) is -3.90. The van der Waals surface area contributed by atoms with Gasteiger partial charge in [0, 0.05) is 42.5 Å². The largest absolute Gasteiger partial charge is 0.434 e. The summed E-state index contributed by atoms with van der Waals surface area (Å²) in [6.07, 6.45) is -1.60. The Bertz CT molecular complexity index is 1060. The molecular weight excluding hydrogens is 361 g/mol. The summed E-state index contributed by atoms with van der Waals surface area (Å²) in [6.45, 7) is 1.45. The molecule has 26 heavy (non-hydrogen) atoms. The Labute approximate surface area is 142 Å². The van der Waals surface area contributed by atoms with Crippen molar-refractivity contribution in [3.63, 3.8) is 0 Å². The molecule has 3 aromatic heterocycles.